The van der Waals surface area contributed by atoms with E-state index in [0.717, 1.165) is 21.3 Å². The summed E-state index contributed by atoms with van der Waals surface area (Å²) < 4.78 is 1.11. The molecule has 2 aromatic heterocycles. The number of aromatic amines is 1. The van der Waals surface area contributed by atoms with Gasteiger partial charge in [-0.3, -0.25) is 9.89 Å². The molecule has 0 aliphatic rings. The molecule has 1 amide bonds. The van der Waals surface area contributed by atoms with Crippen molar-refractivity contribution in [2.75, 3.05) is 5.32 Å². The molecule has 0 unspecified atom stereocenters. The van der Waals surface area contributed by atoms with Crippen LogP contribution in [-0.4, -0.2) is 16.1 Å². The third-order valence-corrected chi connectivity index (χ3v) is 4.17. The maximum absolute atomic E-state index is 12.3. The van der Waals surface area contributed by atoms with Crippen LogP contribution >= 0.6 is 11.3 Å². The second kappa shape index (κ2) is 4.51. The van der Waals surface area contributed by atoms with Gasteiger partial charge in [0.2, 0.25) is 0 Å². The molecule has 0 saturated carbocycles. The predicted molar refractivity (Wildman–Crippen MR) is 77.8 cm³/mol. The van der Waals surface area contributed by atoms with E-state index in [9.17, 15) is 4.79 Å². The maximum atomic E-state index is 12.3. The van der Waals surface area contributed by atoms with Gasteiger partial charge in [0.05, 0.1) is 5.56 Å². The Morgan fingerprint density at radius 3 is 2.84 bits per heavy atom. The fourth-order valence-electron chi connectivity index (χ4n) is 1.94. The first-order chi connectivity index (χ1) is 9.16. The van der Waals surface area contributed by atoms with Crippen molar-refractivity contribution >= 4 is 33.1 Å². The number of anilines is 1. The minimum atomic E-state index is -0.118. The highest BCUT2D eigenvalue weighted by molar-refractivity contribution is 7.17. The molecule has 5 heteroatoms. The monoisotopic (exact) mass is 271 g/mol. The minimum absolute atomic E-state index is 0.118. The number of benzene rings is 1. The number of thiophene rings is 1. The first-order valence-electron chi connectivity index (χ1n) is 5.96. The summed E-state index contributed by atoms with van der Waals surface area (Å²) in [6.45, 7) is 3.86. The van der Waals surface area contributed by atoms with Crippen molar-refractivity contribution in [3.63, 3.8) is 0 Å². The van der Waals surface area contributed by atoms with Gasteiger partial charge in [-0.1, -0.05) is 18.2 Å². The van der Waals surface area contributed by atoms with Crippen molar-refractivity contribution < 1.29 is 4.79 Å². The Bertz CT molecular complexity index is 757. The fraction of sp³-hybridized carbons (Fsp3) is 0.143. The number of rotatable bonds is 2. The second-order valence-corrected chi connectivity index (χ2v) is 5.33. The zero-order chi connectivity index (χ0) is 13.4. The van der Waals surface area contributed by atoms with Crippen LogP contribution in [0.25, 0.3) is 10.1 Å². The van der Waals surface area contributed by atoms with Crippen LogP contribution in [0.15, 0.2) is 29.6 Å². The molecule has 0 radical (unpaired) electrons. The number of nitrogens with zero attached hydrogens (tertiary/aromatic N) is 1. The topological polar surface area (TPSA) is 57.8 Å². The molecule has 2 N–H and O–H groups in total. The van der Waals surface area contributed by atoms with Crippen molar-refractivity contribution in [1.29, 1.82) is 0 Å². The van der Waals surface area contributed by atoms with E-state index in [4.69, 9.17) is 0 Å². The van der Waals surface area contributed by atoms with Gasteiger partial charge in [0.15, 0.2) is 5.82 Å². The van der Waals surface area contributed by atoms with Gasteiger partial charge >= 0.3 is 0 Å². The van der Waals surface area contributed by atoms with E-state index in [1.165, 1.54) is 0 Å². The van der Waals surface area contributed by atoms with Crippen molar-refractivity contribution in [1.82, 2.24) is 10.2 Å². The zero-order valence-electron chi connectivity index (χ0n) is 10.7. The van der Waals surface area contributed by atoms with Crippen LogP contribution in [0.3, 0.4) is 0 Å². The summed E-state index contributed by atoms with van der Waals surface area (Å²) >= 11 is 1.57. The van der Waals surface area contributed by atoms with Crippen LogP contribution in [0.5, 0.6) is 0 Å². The fourth-order valence-corrected chi connectivity index (χ4v) is 2.88. The number of hydrogen-bond donors (Lipinski definition) is 2. The Morgan fingerprint density at radius 2 is 2.11 bits per heavy atom. The first kappa shape index (κ1) is 11.9. The molecule has 3 aromatic rings. The lowest BCUT2D eigenvalue weighted by atomic mass is 10.1. The Kier molecular flexibility index (Phi) is 2.83. The Balaban J connectivity index is 1.94. The number of H-pyrrole nitrogens is 1. The molecule has 1 aromatic carbocycles. The van der Waals surface area contributed by atoms with E-state index in [1.807, 2.05) is 43.5 Å². The molecule has 0 saturated heterocycles. The molecule has 0 spiro atoms. The van der Waals surface area contributed by atoms with Gasteiger partial charge < -0.3 is 5.32 Å². The summed E-state index contributed by atoms with van der Waals surface area (Å²) in [5, 5.41) is 12.7. The molecule has 0 atom stereocenters. The van der Waals surface area contributed by atoms with Crippen molar-refractivity contribution in [3.8, 4) is 0 Å². The van der Waals surface area contributed by atoms with Gasteiger partial charge in [-0.25, -0.2) is 0 Å². The number of aromatic nitrogens is 2. The number of carbonyl (C=O) groups excluding carboxylic acids is 1. The second-order valence-electron chi connectivity index (χ2n) is 4.42. The standard InChI is InChI=1S/C14H13N3OS/c1-8-9(2)16-17-13(8)15-14(18)11-7-19-12-6-4-3-5-10(11)12/h3-7H,1-2H3,(H2,15,16,17,18). The average molecular weight is 271 g/mol. The summed E-state index contributed by atoms with van der Waals surface area (Å²) in [5.74, 6) is 0.477. The quantitative estimate of drug-likeness (QED) is 0.749. The van der Waals surface area contributed by atoms with Gasteiger partial charge in [-0.2, -0.15) is 5.10 Å². The van der Waals surface area contributed by atoms with Gasteiger partial charge in [0.1, 0.15) is 0 Å². The predicted octanol–water partition coefficient (Wildman–Crippen LogP) is 3.49. The van der Waals surface area contributed by atoms with Crippen LogP contribution in [0.2, 0.25) is 0 Å². The number of fused-ring (bicyclic) bond motifs is 1. The van der Waals surface area contributed by atoms with Crippen LogP contribution in [0, 0.1) is 13.8 Å². The summed E-state index contributed by atoms with van der Waals surface area (Å²) in [6, 6.07) is 7.89. The molecular formula is C14H13N3OS. The molecular weight excluding hydrogens is 258 g/mol. The molecule has 0 aliphatic carbocycles. The normalized spacial score (nSPS) is 10.8. The Labute approximate surface area is 114 Å². The van der Waals surface area contributed by atoms with Crippen LogP contribution in [0.1, 0.15) is 21.6 Å². The molecule has 19 heavy (non-hydrogen) atoms. The van der Waals surface area contributed by atoms with E-state index in [-0.39, 0.29) is 5.91 Å². The maximum Gasteiger partial charge on any atom is 0.258 e. The third-order valence-electron chi connectivity index (χ3n) is 3.21. The third kappa shape index (κ3) is 2.02. The highest BCUT2D eigenvalue weighted by Gasteiger charge is 2.14. The van der Waals surface area contributed by atoms with Crippen LogP contribution in [-0.2, 0) is 0 Å². The lowest BCUT2D eigenvalue weighted by Crippen LogP contribution is -2.12. The summed E-state index contributed by atoms with van der Waals surface area (Å²) in [4.78, 5) is 12.3. The number of aryl methyl sites for hydroxylation is 1. The zero-order valence-corrected chi connectivity index (χ0v) is 11.5. The molecule has 0 bridgehead atoms. The van der Waals surface area contributed by atoms with Gasteiger partial charge in [-0.05, 0) is 19.9 Å². The van der Waals surface area contributed by atoms with Crippen molar-refractivity contribution in [2.45, 2.75) is 13.8 Å². The molecule has 4 nitrogen and oxygen atoms in total. The Hall–Kier alpha value is -2.14. The SMILES string of the molecule is Cc1[nH]nc(NC(=O)c2csc3ccccc23)c1C. The lowest BCUT2D eigenvalue weighted by Gasteiger charge is -2.02. The molecule has 96 valence electrons. The highest BCUT2D eigenvalue weighted by atomic mass is 32.1. The largest absolute Gasteiger partial charge is 0.305 e. The first-order valence-corrected chi connectivity index (χ1v) is 6.84. The number of amides is 1. The van der Waals surface area contributed by atoms with Crippen molar-refractivity contribution in [3.05, 3.63) is 46.5 Å². The molecule has 2 heterocycles. The number of nitrogens with one attached hydrogen (secondary N) is 2. The van der Waals surface area contributed by atoms with E-state index in [0.29, 0.717) is 11.4 Å². The highest BCUT2D eigenvalue weighted by Crippen LogP contribution is 2.26. The number of carbonyl (C=O) groups is 1. The van der Waals surface area contributed by atoms with E-state index < -0.39 is 0 Å². The average Bonchev–Trinajstić information content (AvgIpc) is 2.97. The van der Waals surface area contributed by atoms with E-state index in [2.05, 4.69) is 15.5 Å². The Morgan fingerprint density at radius 1 is 1.32 bits per heavy atom. The van der Waals surface area contributed by atoms with Crippen LogP contribution < -0.4 is 5.32 Å². The summed E-state index contributed by atoms with van der Waals surface area (Å²) in [7, 11) is 0. The molecule has 3 rings (SSSR count). The lowest BCUT2D eigenvalue weighted by molar-refractivity contribution is 0.102. The van der Waals surface area contributed by atoms with Gasteiger partial charge in [0.25, 0.3) is 5.91 Å². The number of hydrogen-bond acceptors (Lipinski definition) is 3. The van der Waals surface area contributed by atoms with Gasteiger partial charge in [-0.15, -0.1) is 11.3 Å². The molecule has 0 aliphatic heterocycles. The summed E-state index contributed by atoms with van der Waals surface area (Å²) in [6.07, 6.45) is 0. The van der Waals surface area contributed by atoms with E-state index >= 15 is 0 Å². The van der Waals surface area contributed by atoms with Gasteiger partial charge in [0, 0.05) is 26.7 Å². The van der Waals surface area contributed by atoms with Crippen molar-refractivity contribution in [2.24, 2.45) is 0 Å². The van der Waals surface area contributed by atoms with E-state index in [1.54, 1.807) is 11.3 Å². The minimum Gasteiger partial charge on any atom is -0.305 e. The molecule has 0 fully saturated rings. The summed E-state index contributed by atoms with van der Waals surface area (Å²) in [5.41, 5.74) is 2.62. The smallest absolute Gasteiger partial charge is 0.258 e. The van der Waals surface area contributed by atoms with Crippen LogP contribution in [0.4, 0.5) is 5.82 Å².